The van der Waals surface area contributed by atoms with Gasteiger partial charge in [0.15, 0.2) is 0 Å². The SMILES string of the molecule is N#CC1CCN(CCc2ccccc2)C(=O)C1. The molecule has 1 aliphatic heterocycles. The topological polar surface area (TPSA) is 44.1 Å². The first-order valence-electron chi connectivity index (χ1n) is 6.01. The molecule has 0 saturated carbocycles. The number of benzene rings is 1. The van der Waals surface area contributed by atoms with E-state index in [2.05, 4.69) is 18.2 Å². The van der Waals surface area contributed by atoms with E-state index in [9.17, 15) is 4.79 Å². The number of amides is 1. The fourth-order valence-electron chi connectivity index (χ4n) is 2.13. The van der Waals surface area contributed by atoms with E-state index in [1.807, 2.05) is 23.1 Å². The number of carbonyl (C=O) groups is 1. The van der Waals surface area contributed by atoms with E-state index in [0.29, 0.717) is 6.42 Å². The van der Waals surface area contributed by atoms with E-state index in [-0.39, 0.29) is 11.8 Å². The standard InChI is InChI=1S/C14H16N2O/c15-11-13-7-9-16(14(17)10-13)8-6-12-4-2-1-3-5-12/h1-5,13H,6-10H2. The third kappa shape index (κ3) is 3.07. The molecule has 1 aliphatic rings. The summed E-state index contributed by atoms with van der Waals surface area (Å²) in [5, 5.41) is 8.78. The first-order chi connectivity index (χ1) is 8.29. The second kappa shape index (κ2) is 5.49. The zero-order valence-corrected chi connectivity index (χ0v) is 9.80. The molecule has 2 rings (SSSR count). The van der Waals surface area contributed by atoms with E-state index in [4.69, 9.17) is 5.26 Å². The predicted octanol–water partition coefficient (Wildman–Crippen LogP) is 1.99. The Hall–Kier alpha value is -1.82. The first kappa shape index (κ1) is 11.7. The normalized spacial score (nSPS) is 20.1. The van der Waals surface area contributed by atoms with Crippen LogP contribution in [-0.4, -0.2) is 23.9 Å². The van der Waals surface area contributed by atoms with Crippen LogP contribution in [0.3, 0.4) is 0 Å². The van der Waals surface area contributed by atoms with Crippen LogP contribution in [0.25, 0.3) is 0 Å². The van der Waals surface area contributed by atoms with Gasteiger partial charge in [-0.1, -0.05) is 30.3 Å². The first-order valence-corrected chi connectivity index (χ1v) is 6.01. The van der Waals surface area contributed by atoms with Gasteiger partial charge >= 0.3 is 0 Å². The number of piperidine rings is 1. The molecule has 1 unspecified atom stereocenters. The highest BCUT2D eigenvalue weighted by atomic mass is 16.2. The second-order valence-corrected chi connectivity index (χ2v) is 4.44. The van der Waals surface area contributed by atoms with Gasteiger partial charge in [0.25, 0.3) is 0 Å². The van der Waals surface area contributed by atoms with Gasteiger partial charge in [-0.15, -0.1) is 0 Å². The summed E-state index contributed by atoms with van der Waals surface area (Å²) >= 11 is 0. The van der Waals surface area contributed by atoms with Gasteiger partial charge in [0.05, 0.1) is 12.0 Å². The molecule has 0 N–H and O–H groups in total. The summed E-state index contributed by atoms with van der Waals surface area (Å²) in [6, 6.07) is 12.4. The molecule has 0 aromatic heterocycles. The summed E-state index contributed by atoms with van der Waals surface area (Å²) in [7, 11) is 0. The van der Waals surface area contributed by atoms with Crippen molar-refractivity contribution in [3.8, 4) is 6.07 Å². The largest absolute Gasteiger partial charge is 0.342 e. The number of hydrogen-bond donors (Lipinski definition) is 0. The maximum atomic E-state index is 11.8. The highest BCUT2D eigenvalue weighted by Crippen LogP contribution is 2.17. The Balaban J connectivity index is 1.85. The predicted molar refractivity (Wildman–Crippen MR) is 65.1 cm³/mol. The van der Waals surface area contributed by atoms with Gasteiger partial charge in [-0.2, -0.15) is 5.26 Å². The van der Waals surface area contributed by atoms with Crippen LogP contribution in [0.4, 0.5) is 0 Å². The summed E-state index contributed by atoms with van der Waals surface area (Å²) in [5.74, 6) is 0.0502. The summed E-state index contributed by atoms with van der Waals surface area (Å²) < 4.78 is 0. The molecule has 88 valence electrons. The number of nitriles is 1. The van der Waals surface area contributed by atoms with Crippen molar-refractivity contribution in [3.63, 3.8) is 0 Å². The molecular weight excluding hydrogens is 212 g/mol. The molecule has 1 fully saturated rings. The van der Waals surface area contributed by atoms with Gasteiger partial charge in [0, 0.05) is 19.5 Å². The molecule has 1 amide bonds. The quantitative estimate of drug-likeness (QED) is 0.794. The van der Waals surface area contributed by atoms with E-state index in [1.54, 1.807) is 0 Å². The van der Waals surface area contributed by atoms with Gasteiger partial charge in [-0.05, 0) is 18.4 Å². The van der Waals surface area contributed by atoms with Crippen molar-refractivity contribution in [2.75, 3.05) is 13.1 Å². The monoisotopic (exact) mass is 228 g/mol. The van der Waals surface area contributed by atoms with Gasteiger partial charge in [0.2, 0.25) is 5.91 Å². The Kier molecular flexibility index (Phi) is 3.77. The van der Waals surface area contributed by atoms with Crippen LogP contribution < -0.4 is 0 Å². The highest BCUT2D eigenvalue weighted by Gasteiger charge is 2.24. The van der Waals surface area contributed by atoms with Crippen LogP contribution in [0.5, 0.6) is 0 Å². The fraction of sp³-hybridized carbons (Fsp3) is 0.429. The van der Waals surface area contributed by atoms with Crippen LogP contribution in [0.15, 0.2) is 30.3 Å². The van der Waals surface area contributed by atoms with Crippen molar-refractivity contribution >= 4 is 5.91 Å². The summed E-state index contributed by atoms with van der Waals surface area (Å²) in [5.41, 5.74) is 1.25. The van der Waals surface area contributed by atoms with Crippen molar-refractivity contribution < 1.29 is 4.79 Å². The average Bonchev–Trinajstić information content (AvgIpc) is 2.38. The molecule has 0 aliphatic carbocycles. The van der Waals surface area contributed by atoms with E-state index < -0.39 is 0 Å². The van der Waals surface area contributed by atoms with Gasteiger partial charge in [-0.3, -0.25) is 4.79 Å². The van der Waals surface area contributed by atoms with Gasteiger partial charge in [0.1, 0.15) is 0 Å². The summed E-state index contributed by atoms with van der Waals surface area (Å²) in [4.78, 5) is 13.6. The molecule has 1 atom stereocenters. The van der Waals surface area contributed by atoms with E-state index >= 15 is 0 Å². The number of rotatable bonds is 3. The number of nitrogens with zero attached hydrogens (tertiary/aromatic N) is 2. The molecule has 0 bridgehead atoms. The molecular formula is C14H16N2O. The van der Waals surface area contributed by atoms with Crippen molar-refractivity contribution in [3.05, 3.63) is 35.9 Å². The lowest BCUT2D eigenvalue weighted by molar-refractivity contribution is -0.134. The molecule has 1 saturated heterocycles. The maximum absolute atomic E-state index is 11.8. The van der Waals surface area contributed by atoms with Crippen LogP contribution in [0.2, 0.25) is 0 Å². The maximum Gasteiger partial charge on any atom is 0.223 e. The zero-order valence-electron chi connectivity index (χ0n) is 9.80. The molecule has 3 heteroatoms. The molecule has 1 aromatic carbocycles. The Morgan fingerprint density at radius 1 is 1.35 bits per heavy atom. The van der Waals surface area contributed by atoms with Crippen molar-refractivity contribution in [2.45, 2.75) is 19.3 Å². The zero-order chi connectivity index (χ0) is 12.1. The van der Waals surface area contributed by atoms with Crippen LogP contribution in [0, 0.1) is 17.2 Å². The summed E-state index contributed by atoms with van der Waals surface area (Å²) in [6.07, 6.45) is 2.10. The molecule has 0 spiro atoms. The highest BCUT2D eigenvalue weighted by molar-refractivity contribution is 5.77. The molecule has 1 aromatic rings. The Bertz CT molecular complexity index is 422. The molecule has 3 nitrogen and oxygen atoms in total. The number of carbonyl (C=O) groups excluding carboxylic acids is 1. The minimum atomic E-state index is -0.0736. The lowest BCUT2D eigenvalue weighted by Crippen LogP contribution is -2.39. The minimum Gasteiger partial charge on any atom is -0.342 e. The number of hydrogen-bond acceptors (Lipinski definition) is 2. The third-order valence-corrected chi connectivity index (χ3v) is 3.22. The molecule has 17 heavy (non-hydrogen) atoms. The van der Waals surface area contributed by atoms with Crippen LogP contribution >= 0.6 is 0 Å². The van der Waals surface area contributed by atoms with Crippen LogP contribution in [-0.2, 0) is 11.2 Å². The smallest absolute Gasteiger partial charge is 0.223 e. The van der Waals surface area contributed by atoms with Gasteiger partial charge < -0.3 is 4.90 Å². The summed E-state index contributed by atoms with van der Waals surface area (Å²) in [6.45, 7) is 1.49. The molecule has 1 heterocycles. The Morgan fingerprint density at radius 3 is 2.76 bits per heavy atom. The van der Waals surface area contributed by atoms with E-state index in [1.165, 1.54) is 5.56 Å². The minimum absolute atomic E-state index is 0.0736. The van der Waals surface area contributed by atoms with Crippen LogP contribution in [0.1, 0.15) is 18.4 Å². The number of likely N-dealkylation sites (tertiary alicyclic amines) is 1. The van der Waals surface area contributed by atoms with Crippen molar-refractivity contribution in [1.82, 2.24) is 4.90 Å². The lowest BCUT2D eigenvalue weighted by Gasteiger charge is -2.29. The Morgan fingerprint density at radius 2 is 2.12 bits per heavy atom. The fourth-order valence-corrected chi connectivity index (χ4v) is 2.13. The molecule has 0 radical (unpaired) electrons. The second-order valence-electron chi connectivity index (χ2n) is 4.44. The van der Waals surface area contributed by atoms with Gasteiger partial charge in [-0.25, -0.2) is 0 Å². The third-order valence-electron chi connectivity index (χ3n) is 3.22. The lowest BCUT2D eigenvalue weighted by atomic mass is 9.97. The van der Waals surface area contributed by atoms with E-state index in [0.717, 1.165) is 25.9 Å². The van der Waals surface area contributed by atoms with Crippen molar-refractivity contribution in [1.29, 1.82) is 5.26 Å². The Labute approximate surface area is 102 Å². The van der Waals surface area contributed by atoms with Crippen molar-refractivity contribution in [2.24, 2.45) is 5.92 Å². The average molecular weight is 228 g/mol.